The molecule has 1 saturated heterocycles. The zero-order valence-corrected chi connectivity index (χ0v) is 25.6. The van der Waals surface area contributed by atoms with Gasteiger partial charge in [-0.05, 0) is 56.5 Å². The molecule has 5 rings (SSSR count). The molecule has 3 aromatic heterocycles. The summed E-state index contributed by atoms with van der Waals surface area (Å²) in [5.41, 5.74) is 4.55. The van der Waals surface area contributed by atoms with E-state index < -0.39 is 5.69 Å². The number of para-hydroxylation sites is 1. The number of nitrogens with one attached hydrogen (secondary N) is 1. The minimum atomic E-state index is -0.456. The standard InChI is InChI=1S/C32H36ClN7O2/c1-8-26(41)38-16-21(6)39(17-20(38)5)30-23-15-24(33)28(22-11-9-10-12-25(22)34-7)36-31(23)40(32(42)37-30)29-19(4)13-14-35-27(29)18(2)3/h8-15,18,20-21,34H,1,16-17H2,2-7H3/t20-,21+/m1/s1. The van der Waals surface area contributed by atoms with Gasteiger partial charge in [-0.25, -0.2) is 14.3 Å². The summed E-state index contributed by atoms with van der Waals surface area (Å²) in [5, 5.41) is 4.30. The van der Waals surface area contributed by atoms with Crippen LogP contribution in [0, 0.1) is 6.92 Å². The summed E-state index contributed by atoms with van der Waals surface area (Å²) in [6.07, 6.45) is 3.10. The van der Waals surface area contributed by atoms with Crippen LogP contribution in [0.1, 0.15) is 44.9 Å². The van der Waals surface area contributed by atoms with Crippen molar-refractivity contribution in [2.45, 2.75) is 52.6 Å². The van der Waals surface area contributed by atoms with E-state index in [1.165, 1.54) is 6.08 Å². The third-order valence-electron chi connectivity index (χ3n) is 7.89. The molecule has 0 aliphatic carbocycles. The van der Waals surface area contributed by atoms with Gasteiger partial charge in [0.05, 0.1) is 27.5 Å². The Labute approximate surface area is 250 Å². The number of fused-ring (bicyclic) bond motifs is 1. The molecule has 0 saturated carbocycles. The quantitative estimate of drug-likeness (QED) is 0.295. The van der Waals surface area contributed by atoms with Crippen molar-refractivity contribution in [3.05, 3.63) is 82.0 Å². The first kappa shape index (κ1) is 29.3. The number of aryl methyl sites for hydroxylation is 1. The zero-order valence-electron chi connectivity index (χ0n) is 24.8. The van der Waals surface area contributed by atoms with Crippen LogP contribution in [-0.4, -0.2) is 62.5 Å². The van der Waals surface area contributed by atoms with Crippen LogP contribution in [-0.2, 0) is 4.79 Å². The number of rotatable bonds is 6. The Balaban J connectivity index is 1.83. The summed E-state index contributed by atoms with van der Waals surface area (Å²) < 4.78 is 1.57. The van der Waals surface area contributed by atoms with Gasteiger partial charge in [0.15, 0.2) is 5.65 Å². The van der Waals surface area contributed by atoms with Crippen LogP contribution in [0.25, 0.3) is 28.0 Å². The van der Waals surface area contributed by atoms with Crippen molar-refractivity contribution in [2.75, 3.05) is 30.4 Å². The smallest absolute Gasteiger partial charge is 0.355 e. The highest BCUT2D eigenvalue weighted by atomic mass is 35.5. The van der Waals surface area contributed by atoms with Gasteiger partial charge in [0.1, 0.15) is 5.82 Å². The number of carbonyl (C=O) groups is 1. The van der Waals surface area contributed by atoms with Crippen molar-refractivity contribution < 1.29 is 4.79 Å². The first-order chi connectivity index (χ1) is 20.1. The van der Waals surface area contributed by atoms with E-state index in [1.54, 1.807) is 15.7 Å². The molecule has 10 heteroatoms. The minimum Gasteiger partial charge on any atom is -0.388 e. The highest BCUT2D eigenvalue weighted by molar-refractivity contribution is 6.34. The van der Waals surface area contributed by atoms with E-state index in [2.05, 4.69) is 26.8 Å². The minimum absolute atomic E-state index is 0.0506. The second-order valence-corrected chi connectivity index (χ2v) is 11.5. The Kier molecular flexibility index (Phi) is 8.06. The van der Waals surface area contributed by atoms with Gasteiger partial charge in [-0.1, -0.05) is 50.2 Å². The van der Waals surface area contributed by atoms with Crippen LogP contribution in [0.2, 0.25) is 5.02 Å². The third-order valence-corrected chi connectivity index (χ3v) is 8.18. The van der Waals surface area contributed by atoms with Gasteiger partial charge in [0, 0.05) is 49.7 Å². The Bertz CT molecular complexity index is 1750. The average molecular weight is 586 g/mol. The fraction of sp³-hybridized carbons (Fsp3) is 0.344. The predicted octanol–water partition coefficient (Wildman–Crippen LogP) is 5.58. The summed E-state index contributed by atoms with van der Waals surface area (Å²) in [5.74, 6) is 0.425. The molecule has 42 heavy (non-hydrogen) atoms. The van der Waals surface area contributed by atoms with Gasteiger partial charge < -0.3 is 15.1 Å². The molecule has 0 spiro atoms. The van der Waals surface area contributed by atoms with Gasteiger partial charge in [0.2, 0.25) is 5.91 Å². The van der Waals surface area contributed by atoms with E-state index >= 15 is 0 Å². The predicted molar refractivity (Wildman–Crippen MR) is 170 cm³/mol. The fourth-order valence-electron chi connectivity index (χ4n) is 5.75. The lowest BCUT2D eigenvalue weighted by molar-refractivity contribution is -0.128. The summed E-state index contributed by atoms with van der Waals surface area (Å²) in [4.78, 5) is 44.9. The van der Waals surface area contributed by atoms with Crippen molar-refractivity contribution in [2.24, 2.45) is 0 Å². The maximum absolute atomic E-state index is 14.1. The highest BCUT2D eigenvalue weighted by Gasteiger charge is 2.34. The normalized spacial score (nSPS) is 17.1. The van der Waals surface area contributed by atoms with Gasteiger partial charge in [0.25, 0.3) is 0 Å². The van der Waals surface area contributed by atoms with E-state index in [1.807, 2.05) is 78.1 Å². The molecule has 1 N–H and O–H groups in total. The van der Waals surface area contributed by atoms with Crippen molar-refractivity contribution in [3.63, 3.8) is 0 Å². The number of halogens is 1. The third kappa shape index (κ3) is 5.02. The molecule has 4 heterocycles. The Morgan fingerprint density at radius 2 is 1.88 bits per heavy atom. The van der Waals surface area contributed by atoms with Crippen LogP contribution in [0.5, 0.6) is 0 Å². The topological polar surface area (TPSA) is 96.3 Å². The lowest BCUT2D eigenvalue weighted by atomic mass is 10.0. The molecule has 2 atom stereocenters. The number of nitrogens with zero attached hydrogens (tertiary/aromatic N) is 6. The fourth-order valence-corrected chi connectivity index (χ4v) is 6.01. The number of amides is 1. The molecule has 0 unspecified atom stereocenters. The molecule has 218 valence electrons. The molecule has 0 radical (unpaired) electrons. The number of piperazine rings is 1. The molecule has 1 aliphatic rings. The van der Waals surface area contributed by atoms with E-state index in [0.717, 1.165) is 22.5 Å². The maximum atomic E-state index is 14.1. The van der Waals surface area contributed by atoms with Crippen molar-refractivity contribution in [1.82, 2.24) is 24.4 Å². The second kappa shape index (κ2) is 11.6. The SMILES string of the molecule is C=CC(=O)N1C[C@H](C)N(c2nc(=O)n(-c3c(C)ccnc3C(C)C)c3nc(-c4ccccc4NC)c(Cl)cc23)C[C@H]1C. The molecule has 1 aliphatic heterocycles. The van der Waals surface area contributed by atoms with Gasteiger partial charge in [-0.3, -0.25) is 9.78 Å². The largest absolute Gasteiger partial charge is 0.388 e. The zero-order chi connectivity index (χ0) is 30.3. The lowest BCUT2D eigenvalue weighted by Crippen LogP contribution is -2.58. The Morgan fingerprint density at radius 1 is 1.14 bits per heavy atom. The van der Waals surface area contributed by atoms with E-state index in [-0.39, 0.29) is 23.9 Å². The first-order valence-electron chi connectivity index (χ1n) is 14.1. The molecule has 0 bridgehead atoms. The number of hydrogen-bond donors (Lipinski definition) is 1. The number of pyridine rings is 2. The summed E-state index contributed by atoms with van der Waals surface area (Å²) in [6, 6.07) is 11.3. The van der Waals surface area contributed by atoms with Crippen LogP contribution >= 0.6 is 11.6 Å². The van der Waals surface area contributed by atoms with E-state index in [4.69, 9.17) is 16.6 Å². The van der Waals surface area contributed by atoms with Gasteiger partial charge in [-0.15, -0.1) is 0 Å². The van der Waals surface area contributed by atoms with Crippen LogP contribution in [0.4, 0.5) is 11.5 Å². The molecule has 1 amide bonds. The first-order valence-corrected chi connectivity index (χ1v) is 14.5. The van der Waals surface area contributed by atoms with Crippen LogP contribution < -0.4 is 15.9 Å². The van der Waals surface area contributed by atoms with Crippen molar-refractivity contribution in [3.8, 4) is 16.9 Å². The number of benzene rings is 1. The van der Waals surface area contributed by atoms with Gasteiger partial charge >= 0.3 is 5.69 Å². The number of anilines is 2. The average Bonchev–Trinajstić information content (AvgIpc) is 2.97. The molecule has 1 aromatic carbocycles. The van der Waals surface area contributed by atoms with E-state index in [9.17, 15) is 9.59 Å². The summed E-state index contributed by atoms with van der Waals surface area (Å²) >= 11 is 6.98. The van der Waals surface area contributed by atoms with Crippen LogP contribution in [0.3, 0.4) is 0 Å². The lowest BCUT2D eigenvalue weighted by Gasteiger charge is -2.44. The second-order valence-electron chi connectivity index (χ2n) is 11.1. The summed E-state index contributed by atoms with van der Waals surface area (Å²) in [6.45, 7) is 14.7. The number of aromatic nitrogens is 4. The number of carbonyl (C=O) groups excluding carboxylic acids is 1. The Morgan fingerprint density at radius 3 is 2.57 bits per heavy atom. The van der Waals surface area contributed by atoms with Crippen LogP contribution in [0.15, 0.2) is 60.0 Å². The molecule has 4 aromatic rings. The van der Waals surface area contributed by atoms with Gasteiger partial charge in [-0.2, -0.15) is 4.98 Å². The Hall–Kier alpha value is -4.24. The van der Waals surface area contributed by atoms with Crippen molar-refractivity contribution >= 4 is 40.0 Å². The molecule has 9 nitrogen and oxygen atoms in total. The monoisotopic (exact) mass is 585 g/mol. The molecular formula is C32H36ClN7O2. The molecular weight excluding hydrogens is 550 g/mol. The number of hydrogen-bond acceptors (Lipinski definition) is 7. The maximum Gasteiger partial charge on any atom is 0.355 e. The molecule has 1 fully saturated rings. The highest BCUT2D eigenvalue weighted by Crippen LogP contribution is 2.37. The van der Waals surface area contributed by atoms with Crippen molar-refractivity contribution in [1.29, 1.82) is 0 Å². The van der Waals surface area contributed by atoms with E-state index in [0.29, 0.717) is 46.3 Å². The summed E-state index contributed by atoms with van der Waals surface area (Å²) in [7, 11) is 1.85.